The molecule has 1 N–H and O–H groups in total. The summed E-state index contributed by atoms with van der Waals surface area (Å²) in [6.45, 7) is 8.82. The Kier molecular flexibility index (Phi) is 4.99. The van der Waals surface area contributed by atoms with Crippen LogP contribution in [0.15, 0.2) is 5.51 Å². The van der Waals surface area contributed by atoms with Crippen molar-refractivity contribution in [2.75, 3.05) is 19.6 Å². The van der Waals surface area contributed by atoms with Crippen LogP contribution in [0.25, 0.3) is 0 Å². The minimum absolute atomic E-state index is 0. The van der Waals surface area contributed by atoms with Gasteiger partial charge in [-0.3, -0.25) is 4.90 Å². The van der Waals surface area contributed by atoms with Crippen LogP contribution in [0.4, 0.5) is 0 Å². The monoisotopic (exact) mass is 247 g/mol. The van der Waals surface area contributed by atoms with Gasteiger partial charge in [-0.05, 0) is 13.8 Å². The largest absolute Gasteiger partial charge is 0.312 e. The van der Waals surface area contributed by atoms with Crippen LogP contribution >= 0.6 is 23.7 Å². The Morgan fingerprint density at radius 2 is 2.47 bits per heavy atom. The van der Waals surface area contributed by atoms with Crippen LogP contribution in [0.2, 0.25) is 0 Å². The van der Waals surface area contributed by atoms with E-state index in [4.69, 9.17) is 0 Å². The minimum Gasteiger partial charge on any atom is -0.312 e. The first kappa shape index (κ1) is 12.9. The second-order valence-corrected chi connectivity index (χ2v) is 4.89. The predicted molar refractivity (Wildman–Crippen MR) is 66.8 cm³/mol. The Morgan fingerprint density at radius 3 is 3.07 bits per heavy atom. The van der Waals surface area contributed by atoms with E-state index < -0.39 is 0 Å². The molecule has 0 bridgehead atoms. The van der Waals surface area contributed by atoms with E-state index in [1.807, 2.05) is 5.51 Å². The number of nitrogens with one attached hydrogen (secondary N) is 1. The maximum atomic E-state index is 4.28. The number of aromatic nitrogens is 1. The van der Waals surface area contributed by atoms with E-state index in [2.05, 4.69) is 29.0 Å². The molecular weight excluding hydrogens is 230 g/mol. The van der Waals surface area contributed by atoms with Crippen LogP contribution < -0.4 is 5.32 Å². The van der Waals surface area contributed by atoms with Crippen LogP contribution in [-0.2, 0) is 6.54 Å². The number of halogens is 1. The molecule has 5 heteroatoms. The molecule has 0 spiro atoms. The van der Waals surface area contributed by atoms with Gasteiger partial charge in [0.1, 0.15) is 0 Å². The topological polar surface area (TPSA) is 28.2 Å². The zero-order valence-corrected chi connectivity index (χ0v) is 10.8. The molecular formula is C10H18ClN3S. The average Bonchev–Trinajstić information content (AvgIpc) is 2.52. The van der Waals surface area contributed by atoms with Gasteiger partial charge in [-0.15, -0.1) is 23.7 Å². The van der Waals surface area contributed by atoms with E-state index >= 15 is 0 Å². The maximum Gasteiger partial charge on any atom is 0.0798 e. The van der Waals surface area contributed by atoms with Crippen molar-refractivity contribution in [2.45, 2.75) is 26.4 Å². The Hall–Kier alpha value is -0.160. The molecule has 0 unspecified atom stereocenters. The highest BCUT2D eigenvalue weighted by molar-refractivity contribution is 7.09. The Morgan fingerprint density at radius 1 is 1.67 bits per heavy atom. The first-order valence-corrected chi connectivity index (χ1v) is 5.98. The first-order valence-electron chi connectivity index (χ1n) is 5.10. The fraction of sp³-hybridized carbons (Fsp3) is 0.700. The SMILES string of the molecule is Cc1ncsc1CN1CCN[C@@H](C)C1.Cl. The quantitative estimate of drug-likeness (QED) is 0.862. The van der Waals surface area contributed by atoms with E-state index in [0.29, 0.717) is 6.04 Å². The van der Waals surface area contributed by atoms with Crippen molar-refractivity contribution in [3.63, 3.8) is 0 Å². The number of rotatable bonds is 2. The summed E-state index contributed by atoms with van der Waals surface area (Å²) in [7, 11) is 0. The molecule has 0 aromatic carbocycles. The molecule has 15 heavy (non-hydrogen) atoms. The highest BCUT2D eigenvalue weighted by Gasteiger charge is 2.16. The van der Waals surface area contributed by atoms with E-state index in [-0.39, 0.29) is 12.4 Å². The highest BCUT2D eigenvalue weighted by Crippen LogP contribution is 2.15. The van der Waals surface area contributed by atoms with Gasteiger partial charge >= 0.3 is 0 Å². The molecule has 2 rings (SSSR count). The van der Waals surface area contributed by atoms with Gasteiger partial charge in [0.2, 0.25) is 0 Å². The number of hydrogen-bond acceptors (Lipinski definition) is 4. The summed E-state index contributed by atoms with van der Waals surface area (Å²) in [5.41, 5.74) is 3.14. The summed E-state index contributed by atoms with van der Waals surface area (Å²) < 4.78 is 0. The van der Waals surface area contributed by atoms with Gasteiger partial charge in [0.05, 0.1) is 11.2 Å². The average molecular weight is 248 g/mol. The number of nitrogens with zero attached hydrogens (tertiary/aromatic N) is 2. The van der Waals surface area contributed by atoms with E-state index in [1.54, 1.807) is 11.3 Å². The van der Waals surface area contributed by atoms with Crippen molar-refractivity contribution in [3.8, 4) is 0 Å². The van der Waals surface area contributed by atoms with E-state index in [1.165, 1.54) is 10.6 Å². The van der Waals surface area contributed by atoms with Crippen molar-refractivity contribution >= 4 is 23.7 Å². The smallest absolute Gasteiger partial charge is 0.0798 e. The van der Waals surface area contributed by atoms with Crippen LogP contribution in [0, 0.1) is 6.92 Å². The van der Waals surface area contributed by atoms with Crippen molar-refractivity contribution in [1.82, 2.24) is 15.2 Å². The van der Waals surface area contributed by atoms with Gasteiger partial charge in [-0.25, -0.2) is 4.98 Å². The van der Waals surface area contributed by atoms with Gasteiger partial charge in [0.25, 0.3) is 0 Å². The molecule has 0 radical (unpaired) electrons. The Labute approximate surface area is 101 Å². The molecule has 1 aliphatic heterocycles. The predicted octanol–water partition coefficient (Wildman–Crippen LogP) is 1.67. The summed E-state index contributed by atoms with van der Waals surface area (Å²) >= 11 is 1.77. The molecule has 0 aliphatic carbocycles. The summed E-state index contributed by atoms with van der Waals surface area (Å²) in [6, 6.07) is 0.622. The number of piperazine rings is 1. The Balaban J connectivity index is 0.00000112. The fourth-order valence-electron chi connectivity index (χ4n) is 1.84. The zero-order chi connectivity index (χ0) is 9.97. The molecule has 86 valence electrons. The zero-order valence-electron chi connectivity index (χ0n) is 9.19. The molecule has 1 saturated heterocycles. The number of aryl methyl sites for hydroxylation is 1. The summed E-state index contributed by atoms with van der Waals surface area (Å²) in [5, 5.41) is 3.45. The van der Waals surface area contributed by atoms with Crippen LogP contribution in [-0.4, -0.2) is 35.6 Å². The van der Waals surface area contributed by atoms with Gasteiger partial charge in [-0.1, -0.05) is 0 Å². The standard InChI is InChI=1S/C10H17N3S.ClH/c1-8-5-13(4-3-11-8)6-10-9(2)12-7-14-10;/h7-8,11H,3-6H2,1-2H3;1H/t8-;/m0./s1. The summed E-state index contributed by atoms with van der Waals surface area (Å²) in [5.74, 6) is 0. The van der Waals surface area contributed by atoms with Gasteiger partial charge in [0.15, 0.2) is 0 Å². The van der Waals surface area contributed by atoms with Crippen LogP contribution in [0.1, 0.15) is 17.5 Å². The summed E-state index contributed by atoms with van der Waals surface area (Å²) in [6.07, 6.45) is 0. The summed E-state index contributed by atoms with van der Waals surface area (Å²) in [4.78, 5) is 8.19. The van der Waals surface area contributed by atoms with E-state index in [9.17, 15) is 0 Å². The molecule has 2 heterocycles. The number of hydrogen-bond donors (Lipinski definition) is 1. The van der Waals surface area contributed by atoms with Gasteiger partial charge in [0, 0.05) is 37.1 Å². The lowest BCUT2D eigenvalue weighted by atomic mass is 10.2. The number of thiazole rings is 1. The van der Waals surface area contributed by atoms with E-state index in [0.717, 1.165) is 26.2 Å². The first-order chi connectivity index (χ1) is 6.75. The lowest BCUT2D eigenvalue weighted by Crippen LogP contribution is -2.48. The molecule has 1 aliphatic rings. The molecule has 0 saturated carbocycles. The molecule has 1 atom stereocenters. The van der Waals surface area contributed by atoms with Crippen molar-refractivity contribution in [1.29, 1.82) is 0 Å². The molecule has 3 nitrogen and oxygen atoms in total. The molecule has 1 fully saturated rings. The Bertz CT molecular complexity index is 303. The van der Waals surface area contributed by atoms with Crippen molar-refractivity contribution in [3.05, 3.63) is 16.1 Å². The molecule has 0 amide bonds. The van der Waals surface area contributed by atoms with Gasteiger partial charge < -0.3 is 5.32 Å². The third-order valence-corrected chi connectivity index (χ3v) is 3.58. The lowest BCUT2D eigenvalue weighted by molar-refractivity contribution is 0.201. The normalized spacial score (nSPS) is 22.4. The molecule has 1 aromatic rings. The third-order valence-electron chi connectivity index (χ3n) is 2.66. The second-order valence-electron chi connectivity index (χ2n) is 3.95. The third kappa shape index (κ3) is 3.41. The van der Waals surface area contributed by atoms with Crippen molar-refractivity contribution in [2.24, 2.45) is 0 Å². The highest BCUT2D eigenvalue weighted by atomic mass is 35.5. The fourth-order valence-corrected chi connectivity index (χ4v) is 2.66. The van der Waals surface area contributed by atoms with Crippen molar-refractivity contribution < 1.29 is 0 Å². The van der Waals surface area contributed by atoms with Gasteiger partial charge in [-0.2, -0.15) is 0 Å². The van der Waals surface area contributed by atoms with Crippen LogP contribution in [0.5, 0.6) is 0 Å². The maximum absolute atomic E-state index is 4.28. The second kappa shape index (κ2) is 5.80. The molecule has 1 aromatic heterocycles. The minimum atomic E-state index is 0. The van der Waals surface area contributed by atoms with Crippen LogP contribution in [0.3, 0.4) is 0 Å². The lowest BCUT2D eigenvalue weighted by Gasteiger charge is -2.31.